The Kier molecular flexibility index (Phi) is 6.56. The number of hydrogen-bond acceptors (Lipinski definition) is 8. The van der Waals surface area contributed by atoms with E-state index in [0.29, 0.717) is 34.4 Å². The highest BCUT2D eigenvalue weighted by Gasteiger charge is 2.30. The maximum atomic E-state index is 13.5. The summed E-state index contributed by atoms with van der Waals surface area (Å²) >= 11 is 2.45. The number of ether oxygens (including phenoxy) is 1. The minimum absolute atomic E-state index is 0.191. The van der Waals surface area contributed by atoms with Crippen molar-refractivity contribution < 1.29 is 19.1 Å². The summed E-state index contributed by atoms with van der Waals surface area (Å²) in [6.07, 6.45) is 3.37. The van der Waals surface area contributed by atoms with Gasteiger partial charge in [0, 0.05) is 41.0 Å². The van der Waals surface area contributed by atoms with Crippen LogP contribution in [-0.4, -0.2) is 52.7 Å². The van der Waals surface area contributed by atoms with Gasteiger partial charge in [-0.2, -0.15) is 0 Å². The predicted octanol–water partition coefficient (Wildman–Crippen LogP) is 4.29. The van der Waals surface area contributed by atoms with Crippen LogP contribution < -0.4 is 10.1 Å². The number of nitrogens with zero attached hydrogens (tertiary/aromatic N) is 3. The standard InChI is InChI=1S/C25H22N4O4S2/c1-33-22-18(24(32)29-9-7-16(13-29)11-15-5-3-2-4-6-15)12-17-19(14-35-23(17)28-22)20(30)21(31)27-25-26-8-10-34-25/h2-6,8,10,12,14,16H,7,9,11,13H2,1H3,(H,26,27,31). The first-order valence-corrected chi connectivity index (χ1v) is 12.8. The van der Waals surface area contributed by atoms with Gasteiger partial charge in [0.15, 0.2) is 5.13 Å². The number of Topliss-reactive ketones (excluding diaryl/α,β-unsaturated/α-hetero) is 1. The first-order chi connectivity index (χ1) is 17.0. The van der Waals surface area contributed by atoms with Crippen LogP contribution >= 0.6 is 22.7 Å². The Morgan fingerprint density at radius 2 is 2.00 bits per heavy atom. The zero-order valence-electron chi connectivity index (χ0n) is 18.9. The first-order valence-electron chi connectivity index (χ1n) is 11.1. The second-order valence-electron chi connectivity index (χ2n) is 8.26. The number of likely N-dealkylation sites (tertiary alicyclic amines) is 1. The molecule has 0 radical (unpaired) electrons. The number of anilines is 1. The summed E-state index contributed by atoms with van der Waals surface area (Å²) in [5.74, 6) is -1.10. The molecule has 4 aromatic rings. The minimum atomic E-state index is -0.786. The number of rotatable bonds is 7. The topological polar surface area (TPSA) is 101 Å². The van der Waals surface area contributed by atoms with Gasteiger partial charge in [0.1, 0.15) is 10.4 Å². The Morgan fingerprint density at radius 1 is 1.17 bits per heavy atom. The second kappa shape index (κ2) is 9.93. The van der Waals surface area contributed by atoms with Gasteiger partial charge in [-0.1, -0.05) is 30.3 Å². The minimum Gasteiger partial charge on any atom is -0.480 e. The van der Waals surface area contributed by atoms with Crippen LogP contribution in [0.2, 0.25) is 0 Å². The second-order valence-corrected chi connectivity index (χ2v) is 10.0. The van der Waals surface area contributed by atoms with Gasteiger partial charge >= 0.3 is 0 Å². The number of hydrogen-bond donors (Lipinski definition) is 1. The molecule has 0 spiro atoms. The number of fused-ring (bicyclic) bond motifs is 1. The van der Waals surface area contributed by atoms with E-state index in [9.17, 15) is 14.4 Å². The summed E-state index contributed by atoms with van der Waals surface area (Å²) in [4.78, 5) is 49.6. The number of aromatic nitrogens is 2. The third kappa shape index (κ3) is 4.80. The molecule has 178 valence electrons. The van der Waals surface area contributed by atoms with Crippen LogP contribution in [0.1, 0.15) is 32.7 Å². The van der Waals surface area contributed by atoms with Crippen LogP contribution in [0.5, 0.6) is 5.88 Å². The van der Waals surface area contributed by atoms with Crippen LogP contribution in [0, 0.1) is 5.92 Å². The third-order valence-corrected chi connectivity index (χ3v) is 7.58. The van der Waals surface area contributed by atoms with Crippen molar-refractivity contribution in [2.24, 2.45) is 5.92 Å². The lowest BCUT2D eigenvalue weighted by Gasteiger charge is -2.18. The van der Waals surface area contributed by atoms with Crippen molar-refractivity contribution in [2.45, 2.75) is 12.8 Å². The molecule has 1 aliphatic rings. The van der Waals surface area contributed by atoms with Crippen molar-refractivity contribution in [1.29, 1.82) is 0 Å². The summed E-state index contributed by atoms with van der Waals surface area (Å²) in [6.45, 7) is 1.28. The van der Waals surface area contributed by atoms with Crippen LogP contribution in [0.3, 0.4) is 0 Å². The van der Waals surface area contributed by atoms with E-state index >= 15 is 0 Å². The molecule has 0 saturated carbocycles. The fraction of sp³-hybridized carbons (Fsp3) is 0.240. The molecule has 8 nitrogen and oxygen atoms in total. The van der Waals surface area contributed by atoms with E-state index in [-0.39, 0.29) is 22.9 Å². The van der Waals surface area contributed by atoms with Crippen molar-refractivity contribution >= 4 is 55.6 Å². The fourth-order valence-corrected chi connectivity index (χ4v) is 5.71. The fourth-order valence-electron chi connectivity index (χ4n) is 4.29. The number of carbonyl (C=O) groups is 3. The van der Waals surface area contributed by atoms with Gasteiger partial charge in [0.05, 0.1) is 7.11 Å². The van der Waals surface area contributed by atoms with E-state index in [1.807, 2.05) is 23.1 Å². The van der Waals surface area contributed by atoms with Crippen molar-refractivity contribution in [2.75, 3.05) is 25.5 Å². The summed E-state index contributed by atoms with van der Waals surface area (Å²) in [5.41, 5.74) is 1.74. The Morgan fingerprint density at radius 3 is 2.74 bits per heavy atom. The molecule has 1 aromatic carbocycles. The van der Waals surface area contributed by atoms with E-state index in [1.165, 1.54) is 35.3 Å². The molecule has 1 fully saturated rings. The number of carbonyl (C=O) groups excluding carboxylic acids is 3. The molecule has 2 amide bonds. The smallest absolute Gasteiger partial charge is 0.298 e. The lowest BCUT2D eigenvalue weighted by atomic mass is 9.99. The average Bonchev–Trinajstić information content (AvgIpc) is 3.64. The number of nitrogens with one attached hydrogen (secondary N) is 1. The molecule has 1 atom stereocenters. The predicted molar refractivity (Wildman–Crippen MR) is 135 cm³/mol. The van der Waals surface area contributed by atoms with Crippen molar-refractivity contribution in [3.8, 4) is 5.88 Å². The maximum Gasteiger partial charge on any atom is 0.298 e. The zero-order valence-corrected chi connectivity index (χ0v) is 20.5. The first kappa shape index (κ1) is 23.1. The van der Waals surface area contributed by atoms with E-state index in [2.05, 4.69) is 27.4 Å². The van der Waals surface area contributed by atoms with Crippen LogP contribution in [0.4, 0.5) is 5.13 Å². The van der Waals surface area contributed by atoms with Gasteiger partial charge in [0.25, 0.3) is 17.6 Å². The number of benzene rings is 1. The van der Waals surface area contributed by atoms with Gasteiger partial charge in [0.2, 0.25) is 5.88 Å². The number of methoxy groups -OCH3 is 1. The van der Waals surface area contributed by atoms with Gasteiger partial charge in [-0.15, -0.1) is 22.7 Å². The molecule has 0 bridgehead atoms. The molecule has 1 unspecified atom stereocenters. The summed E-state index contributed by atoms with van der Waals surface area (Å²) in [7, 11) is 1.47. The molecule has 10 heteroatoms. The SMILES string of the molecule is COc1nc2scc(C(=O)C(=O)Nc3nccs3)c2cc1C(=O)N1CCC(Cc2ccccc2)C1. The van der Waals surface area contributed by atoms with Crippen molar-refractivity contribution in [3.63, 3.8) is 0 Å². The molecule has 1 aliphatic heterocycles. The molecule has 4 heterocycles. The normalized spacial score (nSPS) is 15.3. The molecule has 5 rings (SSSR count). The average molecular weight is 507 g/mol. The van der Waals surface area contributed by atoms with Gasteiger partial charge < -0.3 is 9.64 Å². The number of pyridine rings is 1. The summed E-state index contributed by atoms with van der Waals surface area (Å²) in [6, 6.07) is 11.9. The largest absolute Gasteiger partial charge is 0.480 e. The quantitative estimate of drug-likeness (QED) is 0.296. The van der Waals surface area contributed by atoms with E-state index in [1.54, 1.807) is 23.0 Å². The lowest BCUT2D eigenvalue weighted by Crippen LogP contribution is -2.29. The van der Waals surface area contributed by atoms with Gasteiger partial charge in [-0.25, -0.2) is 9.97 Å². The molecular weight excluding hydrogens is 484 g/mol. The lowest BCUT2D eigenvalue weighted by molar-refractivity contribution is -0.112. The van der Waals surface area contributed by atoms with Crippen molar-refractivity contribution in [1.82, 2.24) is 14.9 Å². The highest BCUT2D eigenvalue weighted by Crippen LogP contribution is 2.32. The zero-order chi connectivity index (χ0) is 24.4. The Labute approximate surface area is 209 Å². The number of ketones is 1. The molecule has 1 N–H and O–H groups in total. The monoisotopic (exact) mass is 506 g/mol. The highest BCUT2D eigenvalue weighted by molar-refractivity contribution is 7.17. The number of thiophene rings is 1. The molecule has 35 heavy (non-hydrogen) atoms. The Bertz CT molecular complexity index is 1390. The van der Waals surface area contributed by atoms with Crippen LogP contribution in [0.25, 0.3) is 10.2 Å². The molecule has 0 aliphatic carbocycles. The Hall–Kier alpha value is -3.63. The highest BCUT2D eigenvalue weighted by atomic mass is 32.1. The van der Waals surface area contributed by atoms with E-state index in [0.717, 1.165) is 12.8 Å². The van der Waals surface area contributed by atoms with Crippen LogP contribution in [0.15, 0.2) is 53.4 Å². The maximum absolute atomic E-state index is 13.5. The van der Waals surface area contributed by atoms with Gasteiger partial charge in [-0.05, 0) is 30.4 Å². The summed E-state index contributed by atoms with van der Waals surface area (Å²) < 4.78 is 5.42. The third-order valence-electron chi connectivity index (χ3n) is 6.00. The van der Waals surface area contributed by atoms with E-state index in [4.69, 9.17) is 4.74 Å². The number of amides is 2. The van der Waals surface area contributed by atoms with Gasteiger partial charge in [-0.3, -0.25) is 19.7 Å². The van der Waals surface area contributed by atoms with Crippen LogP contribution in [-0.2, 0) is 11.2 Å². The molecular formula is C25H22N4O4S2. The van der Waals surface area contributed by atoms with Crippen molar-refractivity contribution in [3.05, 3.63) is 70.0 Å². The number of thiazole rings is 1. The molecule has 1 saturated heterocycles. The summed E-state index contributed by atoms with van der Waals surface area (Å²) in [5, 5.41) is 6.60. The molecule has 3 aromatic heterocycles. The Balaban J connectivity index is 1.38. The van der Waals surface area contributed by atoms with E-state index < -0.39 is 11.7 Å².